The maximum Gasteiger partial charge on any atom is 0.414 e. The van der Waals surface area contributed by atoms with Crippen molar-refractivity contribution in [1.82, 2.24) is 0 Å². The number of benzene rings is 1. The number of carbonyl (C=O) groups excluding carboxylic acids is 1. The van der Waals surface area contributed by atoms with E-state index in [-0.39, 0.29) is 6.09 Å². The predicted molar refractivity (Wildman–Crippen MR) is 73.8 cm³/mol. The number of amides is 1. The molecule has 18 heavy (non-hydrogen) atoms. The average molecular weight is 250 g/mol. The summed E-state index contributed by atoms with van der Waals surface area (Å²) in [6, 6.07) is 7.75. The average Bonchev–Trinajstić information content (AvgIpc) is 2.27. The van der Waals surface area contributed by atoms with Crippen molar-refractivity contribution < 1.29 is 9.53 Å². The van der Waals surface area contributed by atoms with Crippen molar-refractivity contribution in [2.45, 2.75) is 32.8 Å². The van der Waals surface area contributed by atoms with Crippen molar-refractivity contribution in [1.29, 1.82) is 0 Å². The van der Waals surface area contributed by atoms with E-state index < -0.39 is 5.60 Å². The van der Waals surface area contributed by atoms with Crippen LogP contribution in [0.1, 0.15) is 26.3 Å². The van der Waals surface area contributed by atoms with E-state index in [1.54, 1.807) is 7.05 Å². The molecule has 0 aromatic heterocycles. The number of anilines is 1. The number of ether oxygens (including phenoxy) is 1. The zero-order valence-corrected chi connectivity index (χ0v) is 11.6. The quantitative estimate of drug-likeness (QED) is 0.897. The van der Waals surface area contributed by atoms with Gasteiger partial charge in [0.1, 0.15) is 5.60 Å². The maximum absolute atomic E-state index is 11.9. The second-order valence-electron chi connectivity index (χ2n) is 5.24. The Bertz CT molecular complexity index is 393. The van der Waals surface area contributed by atoms with Crippen LogP contribution in [0.25, 0.3) is 0 Å². The van der Waals surface area contributed by atoms with Crippen LogP contribution >= 0.6 is 0 Å². The number of nitrogens with two attached hydrogens (primary N) is 1. The molecule has 4 nitrogen and oxygen atoms in total. The molecule has 0 aliphatic heterocycles. The third-order valence-corrected chi connectivity index (χ3v) is 2.42. The molecule has 0 heterocycles. The van der Waals surface area contributed by atoms with Gasteiger partial charge in [0.25, 0.3) is 0 Å². The highest BCUT2D eigenvalue weighted by Crippen LogP contribution is 2.17. The van der Waals surface area contributed by atoms with Crippen molar-refractivity contribution in [2.24, 2.45) is 5.73 Å². The molecule has 100 valence electrons. The zero-order chi connectivity index (χ0) is 13.8. The van der Waals surface area contributed by atoms with Crippen LogP contribution in [0.3, 0.4) is 0 Å². The zero-order valence-electron chi connectivity index (χ0n) is 11.6. The van der Waals surface area contributed by atoms with E-state index >= 15 is 0 Å². The van der Waals surface area contributed by atoms with Gasteiger partial charge in [-0.3, -0.25) is 4.90 Å². The summed E-state index contributed by atoms with van der Waals surface area (Å²) in [5, 5.41) is 0. The first kappa shape index (κ1) is 14.5. The number of nitrogens with zero attached hydrogens (tertiary/aromatic N) is 1. The normalized spacial score (nSPS) is 11.2. The van der Waals surface area contributed by atoms with Crippen LogP contribution < -0.4 is 10.6 Å². The molecule has 4 heteroatoms. The lowest BCUT2D eigenvalue weighted by Gasteiger charge is -2.24. The monoisotopic (exact) mass is 250 g/mol. The van der Waals surface area contributed by atoms with Gasteiger partial charge in [-0.2, -0.15) is 0 Å². The molecule has 0 atom stereocenters. The molecule has 2 N–H and O–H groups in total. The first-order valence-corrected chi connectivity index (χ1v) is 6.09. The molecule has 0 aliphatic rings. The molecule has 0 spiro atoms. The molecule has 1 amide bonds. The Kier molecular flexibility index (Phi) is 4.73. The van der Waals surface area contributed by atoms with Crippen LogP contribution in [-0.2, 0) is 11.2 Å². The van der Waals surface area contributed by atoms with Gasteiger partial charge in [0.05, 0.1) is 0 Å². The Morgan fingerprint density at radius 3 is 2.28 bits per heavy atom. The van der Waals surface area contributed by atoms with Crippen molar-refractivity contribution in [3.8, 4) is 0 Å². The maximum atomic E-state index is 11.9. The number of carbonyl (C=O) groups is 1. The fraction of sp³-hybridized carbons (Fsp3) is 0.500. The Balaban J connectivity index is 2.71. The van der Waals surface area contributed by atoms with Gasteiger partial charge in [-0.05, 0) is 51.4 Å². The van der Waals surface area contributed by atoms with Crippen molar-refractivity contribution in [3.05, 3.63) is 29.8 Å². The molecule has 0 saturated heterocycles. The van der Waals surface area contributed by atoms with Gasteiger partial charge in [-0.15, -0.1) is 0 Å². The Labute approximate surface area is 109 Å². The van der Waals surface area contributed by atoms with Crippen molar-refractivity contribution in [3.63, 3.8) is 0 Å². The fourth-order valence-electron chi connectivity index (χ4n) is 1.49. The van der Waals surface area contributed by atoms with E-state index in [4.69, 9.17) is 10.5 Å². The van der Waals surface area contributed by atoms with Crippen LogP contribution in [0, 0.1) is 0 Å². The highest BCUT2D eigenvalue weighted by Gasteiger charge is 2.20. The Morgan fingerprint density at radius 1 is 1.28 bits per heavy atom. The molecule has 0 saturated carbocycles. The van der Waals surface area contributed by atoms with Gasteiger partial charge in [-0.1, -0.05) is 12.1 Å². The van der Waals surface area contributed by atoms with E-state index in [0.717, 1.165) is 12.1 Å². The van der Waals surface area contributed by atoms with Crippen LogP contribution in [0.2, 0.25) is 0 Å². The number of hydrogen-bond donors (Lipinski definition) is 1. The summed E-state index contributed by atoms with van der Waals surface area (Å²) in [4.78, 5) is 13.4. The fourth-order valence-corrected chi connectivity index (χ4v) is 1.49. The smallest absolute Gasteiger partial charge is 0.414 e. The minimum absolute atomic E-state index is 0.353. The summed E-state index contributed by atoms with van der Waals surface area (Å²) in [7, 11) is 1.70. The molecule has 0 fully saturated rings. The molecule has 0 bridgehead atoms. The number of hydrogen-bond acceptors (Lipinski definition) is 3. The molecular formula is C14H22N2O2. The van der Waals surface area contributed by atoms with Gasteiger partial charge in [0.2, 0.25) is 0 Å². The predicted octanol–water partition coefficient (Wildman–Crippen LogP) is 2.56. The lowest BCUT2D eigenvalue weighted by molar-refractivity contribution is 0.0589. The summed E-state index contributed by atoms with van der Waals surface area (Å²) in [6.45, 7) is 6.18. The van der Waals surface area contributed by atoms with Crippen LogP contribution in [-0.4, -0.2) is 25.3 Å². The highest BCUT2D eigenvalue weighted by molar-refractivity contribution is 5.87. The van der Waals surface area contributed by atoms with Gasteiger partial charge >= 0.3 is 6.09 Å². The first-order chi connectivity index (χ1) is 8.33. The standard InChI is InChI=1S/C14H22N2O2/c1-14(2,3)18-13(17)16(4)12-7-5-11(6-8-12)9-10-15/h5-8H,9-10,15H2,1-4H3. The van der Waals surface area contributed by atoms with Crippen LogP contribution in [0.15, 0.2) is 24.3 Å². The van der Waals surface area contributed by atoms with Gasteiger partial charge in [0, 0.05) is 12.7 Å². The molecule has 0 aliphatic carbocycles. The topological polar surface area (TPSA) is 55.6 Å². The van der Waals surface area contributed by atoms with E-state index in [0.29, 0.717) is 6.54 Å². The van der Waals surface area contributed by atoms with Crippen LogP contribution in [0.4, 0.5) is 10.5 Å². The highest BCUT2D eigenvalue weighted by atomic mass is 16.6. The molecular weight excluding hydrogens is 228 g/mol. The third kappa shape index (κ3) is 4.37. The largest absolute Gasteiger partial charge is 0.443 e. The molecule has 0 radical (unpaired) electrons. The van der Waals surface area contributed by atoms with E-state index in [9.17, 15) is 4.79 Å². The van der Waals surface area contributed by atoms with E-state index in [1.807, 2.05) is 45.0 Å². The second kappa shape index (κ2) is 5.87. The SMILES string of the molecule is CN(C(=O)OC(C)(C)C)c1ccc(CCN)cc1. The molecule has 1 aromatic rings. The summed E-state index contributed by atoms with van der Waals surface area (Å²) in [5.41, 5.74) is 6.99. The van der Waals surface area contributed by atoms with Crippen LogP contribution in [0.5, 0.6) is 0 Å². The summed E-state index contributed by atoms with van der Waals surface area (Å²) >= 11 is 0. The van der Waals surface area contributed by atoms with Gasteiger partial charge in [-0.25, -0.2) is 4.79 Å². The summed E-state index contributed by atoms with van der Waals surface area (Å²) in [5.74, 6) is 0. The van der Waals surface area contributed by atoms with Gasteiger partial charge in [0.15, 0.2) is 0 Å². The minimum Gasteiger partial charge on any atom is -0.443 e. The molecule has 1 rings (SSSR count). The molecule has 1 aromatic carbocycles. The summed E-state index contributed by atoms with van der Waals surface area (Å²) in [6.07, 6.45) is 0.491. The Hall–Kier alpha value is -1.55. The lowest BCUT2D eigenvalue weighted by atomic mass is 10.1. The summed E-state index contributed by atoms with van der Waals surface area (Å²) < 4.78 is 5.30. The first-order valence-electron chi connectivity index (χ1n) is 6.09. The minimum atomic E-state index is -0.481. The number of rotatable bonds is 3. The third-order valence-electron chi connectivity index (χ3n) is 2.42. The lowest BCUT2D eigenvalue weighted by Crippen LogP contribution is -2.34. The van der Waals surface area contributed by atoms with Crippen molar-refractivity contribution >= 4 is 11.8 Å². The second-order valence-corrected chi connectivity index (χ2v) is 5.24. The Morgan fingerprint density at radius 2 is 1.83 bits per heavy atom. The van der Waals surface area contributed by atoms with Crippen molar-refractivity contribution in [2.75, 3.05) is 18.5 Å². The molecule has 0 unspecified atom stereocenters. The van der Waals surface area contributed by atoms with Gasteiger partial charge < -0.3 is 10.5 Å². The van der Waals surface area contributed by atoms with E-state index in [1.165, 1.54) is 10.5 Å². The van der Waals surface area contributed by atoms with E-state index in [2.05, 4.69) is 0 Å².